The lowest BCUT2D eigenvalue weighted by atomic mass is 10.2. The van der Waals surface area contributed by atoms with E-state index in [0.29, 0.717) is 17.3 Å². The number of rotatable bonds is 5. The predicted octanol–water partition coefficient (Wildman–Crippen LogP) is 3.42. The maximum Gasteiger partial charge on any atom is 0.295 e. The molecule has 21 heavy (non-hydrogen) atoms. The summed E-state index contributed by atoms with van der Waals surface area (Å²) in [4.78, 5) is 0. The molecule has 1 heterocycles. The van der Waals surface area contributed by atoms with Crippen molar-refractivity contribution in [3.05, 3.63) is 45.6 Å². The van der Waals surface area contributed by atoms with Gasteiger partial charge in [-0.25, -0.2) is 0 Å². The normalized spacial score (nSPS) is 11.6. The van der Waals surface area contributed by atoms with E-state index in [1.54, 1.807) is 26.1 Å². The number of hydrogen-bond acceptors (Lipinski definition) is 4. The molecule has 1 aromatic carbocycles. The maximum atomic E-state index is 12.2. The number of furan rings is 1. The quantitative estimate of drug-likeness (QED) is 0.868. The van der Waals surface area contributed by atoms with E-state index in [4.69, 9.17) is 27.6 Å². The Hall–Kier alpha value is -1.21. The third-order valence-corrected chi connectivity index (χ3v) is 4.70. The number of halogens is 2. The van der Waals surface area contributed by atoms with E-state index in [0.717, 1.165) is 5.56 Å². The Kier molecular flexibility index (Phi) is 4.83. The van der Waals surface area contributed by atoms with Crippen LogP contribution in [0, 0.1) is 6.92 Å². The van der Waals surface area contributed by atoms with Crippen molar-refractivity contribution in [2.75, 3.05) is 11.8 Å². The van der Waals surface area contributed by atoms with Crippen LogP contribution < -0.4 is 10.0 Å². The van der Waals surface area contributed by atoms with Crippen molar-refractivity contribution in [2.24, 2.45) is 0 Å². The van der Waals surface area contributed by atoms with Gasteiger partial charge >= 0.3 is 0 Å². The lowest BCUT2D eigenvalue weighted by molar-refractivity contribution is 0.408. The smallest absolute Gasteiger partial charge is 0.295 e. The molecule has 2 N–H and O–H groups in total. The van der Waals surface area contributed by atoms with Crippen molar-refractivity contribution in [3.8, 4) is 0 Å². The van der Waals surface area contributed by atoms with Crippen LogP contribution >= 0.6 is 23.2 Å². The number of anilines is 1. The Morgan fingerprint density at radius 3 is 2.57 bits per heavy atom. The van der Waals surface area contributed by atoms with Crippen LogP contribution in [-0.4, -0.2) is 15.5 Å². The van der Waals surface area contributed by atoms with Crippen LogP contribution in [0.3, 0.4) is 0 Å². The van der Waals surface area contributed by atoms with E-state index < -0.39 is 10.0 Å². The van der Waals surface area contributed by atoms with Crippen LogP contribution in [-0.2, 0) is 16.6 Å². The van der Waals surface area contributed by atoms with Crippen molar-refractivity contribution in [3.63, 3.8) is 0 Å². The summed E-state index contributed by atoms with van der Waals surface area (Å²) in [5, 5.41) is 3.38. The molecule has 1 aromatic heterocycles. The first-order chi connectivity index (χ1) is 9.83. The molecule has 0 bridgehead atoms. The maximum absolute atomic E-state index is 12.2. The summed E-state index contributed by atoms with van der Waals surface area (Å²) < 4.78 is 32.1. The van der Waals surface area contributed by atoms with Crippen molar-refractivity contribution < 1.29 is 12.8 Å². The number of hydrogen-bond donors (Lipinski definition) is 2. The highest BCUT2D eigenvalue weighted by Gasteiger charge is 2.20. The summed E-state index contributed by atoms with van der Waals surface area (Å²) in [5.74, 6) is 0.519. The molecule has 5 nitrogen and oxygen atoms in total. The Labute approximate surface area is 133 Å². The van der Waals surface area contributed by atoms with Gasteiger partial charge in [0.25, 0.3) is 10.0 Å². The summed E-state index contributed by atoms with van der Waals surface area (Å²) in [6.45, 7) is 2.22. The molecule has 0 fully saturated rings. The molecular formula is C13H14Cl2N2O3S. The minimum absolute atomic E-state index is 0.180. The molecule has 114 valence electrons. The minimum Gasteiger partial charge on any atom is -0.446 e. The van der Waals surface area contributed by atoms with Gasteiger partial charge in [0.15, 0.2) is 0 Å². The molecule has 8 heteroatoms. The van der Waals surface area contributed by atoms with Gasteiger partial charge in [0.05, 0.1) is 17.3 Å². The van der Waals surface area contributed by atoms with Crippen LogP contribution in [0.4, 0.5) is 5.69 Å². The van der Waals surface area contributed by atoms with Crippen molar-refractivity contribution in [2.45, 2.75) is 18.6 Å². The Morgan fingerprint density at radius 1 is 1.19 bits per heavy atom. The van der Waals surface area contributed by atoms with Gasteiger partial charge in [-0.15, -0.1) is 0 Å². The van der Waals surface area contributed by atoms with Crippen molar-refractivity contribution >= 4 is 38.9 Å². The highest BCUT2D eigenvalue weighted by molar-refractivity contribution is 7.92. The summed E-state index contributed by atoms with van der Waals surface area (Å²) in [7, 11) is -2.11. The number of aryl methyl sites for hydroxylation is 1. The van der Waals surface area contributed by atoms with Crippen LogP contribution in [0.2, 0.25) is 10.0 Å². The van der Waals surface area contributed by atoms with Gasteiger partial charge in [0.1, 0.15) is 5.76 Å². The zero-order valence-corrected chi connectivity index (χ0v) is 13.7. The summed E-state index contributed by atoms with van der Waals surface area (Å²) in [6.07, 6.45) is 0. The lowest BCUT2D eigenvalue weighted by Crippen LogP contribution is -2.12. The second kappa shape index (κ2) is 6.27. The van der Waals surface area contributed by atoms with Gasteiger partial charge < -0.3 is 9.73 Å². The van der Waals surface area contributed by atoms with Crippen molar-refractivity contribution in [1.82, 2.24) is 5.32 Å². The number of benzene rings is 1. The van der Waals surface area contributed by atoms with Gasteiger partial charge in [0, 0.05) is 5.02 Å². The van der Waals surface area contributed by atoms with Crippen LogP contribution in [0.1, 0.15) is 11.3 Å². The van der Waals surface area contributed by atoms with Gasteiger partial charge in [-0.3, -0.25) is 4.72 Å². The summed E-state index contributed by atoms with van der Waals surface area (Å²) in [5.41, 5.74) is 0.970. The van der Waals surface area contributed by atoms with Crippen LogP contribution in [0.5, 0.6) is 0 Å². The Bertz CT molecular complexity index is 757. The molecule has 0 radical (unpaired) electrons. The molecule has 2 rings (SSSR count). The molecular weight excluding hydrogens is 335 g/mol. The first-order valence-electron chi connectivity index (χ1n) is 6.05. The van der Waals surface area contributed by atoms with Gasteiger partial charge in [0.2, 0.25) is 5.09 Å². The summed E-state index contributed by atoms with van der Waals surface area (Å²) >= 11 is 12.0. The average Bonchev–Trinajstić information content (AvgIpc) is 2.86. The molecule has 0 aliphatic carbocycles. The molecule has 0 unspecified atom stereocenters. The molecule has 0 amide bonds. The monoisotopic (exact) mass is 348 g/mol. The van der Waals surface area contributed by atoms with E-state index in [1.165, 1.54) is 12.1 Å². The third-order valence-electron chi connectivity index (χ3n) is 2.75. The highest BCUT2D eigenvalue weighted by Crippen LogP contribution is 2.30. The standard InChI is InChI=1S/C13H14Cl2N2O3S/c1-8-5-11(15)12(6-10(8)14)17-21(18,19)13-4-3-9(20-13)7-16-2/h3-6,16-17H,7H2,1-2H3. The second-order valence-corrected chi connectivity index (χ2v) is 6.87. The SMILES string of the molecule is CNCc1ccc(S(=O)(=O)Nc2cc(Cl)c(C)cc2Cl)o1. The average molecular weight is 349 g/mol. The van der Waals surface area contributed by atoms with Crippen molar-refractivity contribution in [1.29, 1.82) is 0 Å². The molecule has 0 saturated heterocycles. The number of sulfonamides is 1. The zero-order chi connectivity index (χ0) is 15.6. The summed E-state index contributed by atoms with van der Waals surface area (Å²) in [6, 6.07) is 6.04. The Balaban J connectivity index is 2.30. The minimum atomic E-state index is -3.85. The predicted molar refractivity (Wildman–Crippen MR) is 83.5 cm³/mol. The fourth-order valence-corrected chi connectivity index (χ4v) is 3.20. The van der Waals surface area contributed by atoms with Gasteiger partial charge in [-0.1, -0.05) is 23.2 Å². The third kappa shape index (κ3) is 3.71. The van der Waals surface area contributed by atoms with E-state index in [9.17, 15) is 8.42 Å². The molecule has 0 aliphatic heterocycles. The highest BCUT2D eigenvalue weighted by atomic mass is 35.5. The molecule has 0 saturated carbocycles. The molecule has 0 spiro atoms. The van der Waals surface area contributed by atoms with Gasteiger partial charge in [-0.2, -0.15) is 8.42 Å². The van der Waals surface area contributed by atoms with Crippen LogP contribution in [0.15, 0.2) is 33.8 Å². The first-order valence-corrected chi connectivity index (χ1v) is 8.29. The van der Waals surface area contributed by atoms with E-state index in [-0.39, 0.29) is 15.8 Å². The fraction of sp³-hybridized carbons (Fsp3) is 0.231. The topological polar surface area (TPSA) is 71.3 Å². The van der Waals surface area contributed by atoms with E-state index in [1.807, 2.05) is 0 Å². The molecule has 2 aromatic rings. The zero-order valence-electron chi connectivity index (χ0n) is 11.4. The lowest BCUT2D eigenvalue weighted by Gasteiger charge is -2.09. The Morgan fingerprint density at radius 2 is 1.90 bits per heavy atom. The first kappa shape index (κ1) is 16.2. The van der Waals surface area contributed by atoms with E-state index in [2.05, 4.69) is 10.0 Å². The van der Waals surface area contributed by atoms with E-state index >= 15 is 0 Å². The number of nitrogens with one attached hydrogen (secondary N) is 2. The molecule has 0 atom stereocenters. The van der Waals surface area contributed by atoms with Gasteiger partial charge in [-0.05, 0) is 43.8 Å². The largest absolute Gasteiger partial charge is 0.446 e. The second-order valence-electron chi connectivity index (χ2n) is 4.44. The molecule has 0 aliphatic rings. The fourth-order valence-electron chi connectivity index (χ4n) is 1.69. The van der Waals surface area contributed by atoms with Crippen LogP contribution in [0.25, 0.3) is 0 Å².